The fraction of sp³-hybridized carbons (Fsp3) is 0.400. The second-order valence-electron chi connectivity index (χ2n) is 7.21. The Bertz CT molecular complexity index is 929. The Labute approximate surface area is 161 Å². The van der Waals surface area contributed by atoms with Crippen molar-refractivity contribution in [3.63, 3.8) is 0 Å². The maximum Gasteiger partial charge on any atom is 0.227 e. The molecule has 1 saturated heterocycles. The summed E-state index contributed by atoms with van der Waals surface area (Å²) >= 11 is 0. The normalized spacial score (nSPS) is 17.9. The number of carbonyl (C=O) groups is 1. The van der Waals surface area contributed by atoms with Crippen molar-refractivity contribution in [3.8, 4) is 6.07 Å². The minimum Gasteiger partial charge on any atom is -0.352 e. The average molecular weight is 383 g/mol. The van der Waals surface area contributed by atoms with Gasteiger partial charge in [0.2, 0.25) is 5.91 Å². The molecule has 2 aromatic rings. The maximum absolute atomic E-state index is 14.2. The number of amides is 1. The molecule has 144 valence electrons. The van der Waals surface area contributed by atoms with E-state index < -0.39 is 11.5 Å². The Morgan fingerprint density at radius 2 is 1.89 bits per heavy atom. The summed E-state index contributed by atoms with van der Waals surface area (Å²) in [4.78, 5) is 16.3. The molecule has 1 aromatic carbocycles. The number of benzene rings is 1. The third-order valence-corrected chi connectivity index (χ3v) is 5.28. The Morgan fingerprint density at radius 3 is 2.46 bits per heavy atom. The molecule has 0 atom stereocenters. The van der Waals surface area contributed by atoms with Crippen LogP contribution in [0.1, 0.15) is 29.7 Å². The van der Waals surface area contributed by atoms with Gasteiger partial charge in [0.1, 0.15) is 17.6 Å². The van der Waals surface area contributed by atoms with Gasteiger partial charge >= 0.3 is 0 Å². The molecule has 1 saturated carbocycles. The van der Waals surface area contributed by atoms with E-state index in [4.69, 9.17) is 5.26 Å². The largest absolute Gasteiger partial charge is 0.352 e. The van der Waals surface area contributed by atoms with Crippen molar-refractivity contribution in [2.75, 3.05) is 31.1 Å². The highest BCUT2D eigenvalue weighted by atomic mass is 19.2. The summed E-state index contributed by atoms with van der Waals surface area (Å²) in [7, 11) is 0. The molecule has 28 heavy (non-hydrogen) atoms. The first-order valence-electron chi connectivity index (χ1n) is 9.23. The number of halogens is 2. The van der Waals surface area contributed by atoms with Gasteiger partial charge in [-0.3, -0.25) is 4.79 Å². The third kappa shape index (κ3) is 3.65. The van der Waals surface area contributed by atoms with Crippen LogP contribution in [0.4, 0.5) is 14.6 Å². The molecule has 0 bridgehead atoms. The predicted molar refractivity (Wildman–Crippen MR) is 97.7 cm³/mol. The zero-order valence-corrected chi connectivity index (χ0v) is 15.2. The van der Waals surface area contributed by atoms with Gasteiger partial charge in [-0.25, -0.2) is 8.78 Å². The van der Waals surface area contributed by atoms with E-state index in [9.17, 15) is 13.6 Å². The van der Waals surface area contributed by atoms with Crippen molar-refractivity contribution in [1.82, 2.24) is 15.1 Å². The molecule has 0 spiro atoms. The third-order valence-electron chi connectivity index (χ3n) is 5.28. The van der Waals surface area contributed by atoms with Crippen LogP contribution in [0.2, 0.25) is 0 Å². The molecule has 4 rings (SSSR count). The van der Waals surface area contributed by atoms with Crippen LogP contribution in [-0.2, 0) is 16.9 Å². The molecule has 2 heterocycles. The van der Waals surface area contributed by atoms with Crippen LogP contribution in [0.3, 0.4) is 0 Å². The van der Waals surface area contributed by atoms with E-state index in [1.54, 1.807) is 23.1 Å². The average Bonchev–Trinajstić information content (AvgIpc) is 3.46. The van der Waals surface area contributed by atoms with Gasteiger partial charge in [0.25, 0.3) is 0 Å². The Morgan fingerprint density at radius 1 is 1.14 bits per heavy atom. The van der Waals surface area contributed by atoms with Crippen LogP contribution >= 0.6 is 0 Å². The summed E-state index contributed by atoms with van der Waals surface area (Å²) < 4.78 is 28.2. The van der Waals surface area contributed by atoms with Crippen molar-refractivity contribution in [3.05, 3.63) is 53.0 Å². The molecule has 1 aromatic heterocycles. The maximum atomic E-state index is 14.2. The molecular weight excluding hydrogens is 364 g/mol. The quantitative estimate of drug-likeness (QED) is 0.810. The van der Waals surface area contributed by atoms with Gasteiger partial charge < -0.3 is 9.80 Å². The summed E-state index contributed by atoms with van der Waals surface area (Å²) in [6, 6.07) is 9.66. The minimum atomic E-state index is -1.52. The fourth-order valence-corrected chi connectivity index (χ4v) is 3.44. The number of hydrogen-bond acceptors (Lipinski definition) is 5. The monoisotopic (exact) mass is 383 g/mol. The summed E-state index contributed by atoms with van der Waals surface area (Å²) in [5.74, 6) is 0.0117. The van der Waals surface area contributed by atoms with Crippen molar-refractivity contribution < 1.29 is 13.6 Å². The topological polar surface area (TPSA) is 73.1 Å². The number of anilines is 1. The number of aromatic nitrogens is 2. The summed E-state index contributed by atoms with van der Waals surface area (Å²) in [5.41, 5.74) is -0.606. The zero-order valence-electron chi connectivity index (χ0n) is 15.2. The van der Waals surface area contributed by atoms with Crippen LogP contribution < -0.4 is 4.90 Å². The lowest BCUT2D eigenvalue weighted by molar-refractivity contribution is -0.130. The minimum absolute atomic E-state index is 0.0842. The SMILES string of the molecule is N#Cc1ccc(N2CCN(C(=O)Cc3ccc(C4(F)CC4)c(F)c3)CC2)nn1. The van der Waals surface area contributed by atoms with E-state index >= 15 is 0 Å². The number of rotatable bonds is 4. The summed E-state index contributed by atoms with van der Waals surface area (Å²) in [6.07, 6.45) is 0.805. The van der Waals surface area contributed by atoms with Gasteiger partial charge in [-0.1, -0.05) is 12.1 Å². The van der Waals surface area contributed by atoms with Gasteiger partial charge in [-0.2, -0.15) is 5.26 Å². The standard InChI is InChI=1S/C20H19F2N5O/c21-17-11-14(1-3-16(17)20(22)5-6-20)12-19(28)27-9-7-26(8-10-27)18-4-2-15(13-23)24-25-18/h1-4,11H,5-10,12H2. The number of nitrogens with zero attached hydrogens (tertiary/aromatic N) is 5. The number of alkyl halides is 1. The molecule has 1 aliphatic carbocycles. The Hall–Kier alpha value is -3.08. The van der Waals surface area contributed by atoms with Gasteiger partial charge in [0.15, 0.2) is 11.5 Å². The Balaban J connectivity index is 1.34. The van der Waals surface area contributed by atoms with Crippen molar-refractivity contribution in [2.24, 2.45) is 0 Å². The van der Waals surface area contributed by atoms with E-state index in [1.807, 2.05) is 11.0 Å². The predicted octanol–water partition coefficient (Wildman–Crippen LogP) is 2.34. The van der Waals surface area contributed by atoms with Crippen molar-refractivity contribution in [1.29, 1.82) is 5.26 Å². The lowest BCUT2D eigenvalue weighted by atomic mass is 10.0. The van der Waals surface area contributed by atoms with Crippen LogP contribution in [0, 0.1) is 17.1 Å². The van der Waals surface area contributed by atoms with Gasteiger partial charge in [0.05, 0.1) is 6.42 Å². The van der Waals surface area contributed by atoms with Gasteiger partial charge in [-0.05, 0) is 36.6 Å². The van der Waals surface area contributed by atoms with E-state index in [-0.39, 0.29) is 23.6 Å². The highest BCUT2D eigenvalue weighted by Crippen LogP contribution is 2.50. The van der Waals surface area contributed by atoms with Gasteiger partial charge in [0, 0.05) is 31.7 Å². The van der Waals surface area contributed by atoms with E-state index in [0.717, 1.165) is 0 Å². The first kappa shape index (κ1) is 18.3. The molecular formula is C20H19F2N5O. The number of piperazine rings is 1. The molecule has 0 unspecified atom stereocenters. The van der Waals surface area contributed by atoms with Crippen molar-refractivity contribution >= 4 is 11.7 Å². The molecule has 0 radical (unpaired) electrons. The molecule has 8 heteroatoms. The highest BCUT2D eigenvalue weighted by molar-refractivity contribution is 5.79. The fourth-order valence-electron chi connectivity index (χ4n) is 3.44. The Kier molecular flexibility index (Phi) is 4.67. The van der Waals surface area contributed by atoms with Crippen LogP contribution in [-0.4, -0.2) is 47.2 Å². The first-order chi connectivity index (χ1) is 13.5. The molecule has 6 nitrogen and oxygen atoms in total. The second kappa shape index (κ2) is 7.15. The molecule has 0 N–H and O–H groups in total. The first-order valence-corrected chi connectivity index (χ1v) is 9.23. The number of carbonyl (C=O) groups excluding carboxylic acids is 1. The smallest absolute Gasteiger partial charge is 0.227 e. The number of hydrogen-bond donors (Lipinski definition) is 0. The second-order valence-corrected chi connectivity index (χ2v) is 7.21. The summed E-state index contributed by atoms with van der Waals surface area (Å²) in [6.45, 7) is 2.25. The lowest BCUT2D eigenvalue weighted by Crippen LogP contribution is -2.49. The summed E-state index contributed by atoms with van der Waals surface area (Å²) in [5, 5.41) is 16.6. The molecule has 2 aliphatic rings. The van der Waals surface area contributed by atoms with Gasteiger partial charge in [-0.15, -0.1) is 10.2 Å². The lowest BCUT2D eigenvalue weighted by Gasteiger charge is -2.35. The zero-order chi connectivity index (χ0) is 19.7. The van der Waals surface area contributed by atoms with Crippen LogP contribution in [0.15, 0.2) is 30.3 Å². The highest BCUT2D eigenvalue weighted by Gasteiger charge is 2.46. The number of nitriles is 1. The van der Waals surface area contributed by atoms with E-state index in [2.05, 4.69) is 10.2 Å². The van der Waals surface area contributed by atoms with E-state index in [0.29, 0.717) is 50.4 Å². The molecule has 1 amide bonds. The van der Waals surface area contributed by atoms with E-state index in [1.165, 1.54) is 12.1 Å². The van der Waals surface area contributed by atoms with Crippen molar-refractivity contribution in [2.45, 2.75) is 24.9 Å². The molecule has 1 aliphatic heterocycles. The molecule has 2 fully saturated rings. The van der Waals surface area contributed by atoms with Crippen LogP contribution in [0.25, 0.3) is 0 Å². The van der Waals surface area contributed by atoms with Crippen LogP contribution in [0.5, 0.6) is 0 Å².